The molecule has 0 saturated heterocycles. The summed E-state index contributed by atoms with van der Waals surface area (Å²) in [6.45, 7) is 1.33. The summed E-state index contributed by atoms with van der Waals surface area (Å²) in [4.78, 5) is 4.23. The molecule has 0 unspecified atom stereocenters. The molecule has 0 aliphatic heterocycles. The lowest BCUT2D eigenvalue weighted by Crippen LogP contribution is -2.18. The van der Waals surface area contributed by atoms with E-state index >= 15 is 0 Å². The fraction of sp³-hybridized carbons (Fsp3) is 0.308. The van der Waals surface area contributed by atoms with Crippen LogP contribution in [0, 0.1) is 5.82 Å². The molecule has 2 aromatic rings. The average molecular weight is 268 g/mol. The Morgan fingerprint density at radius 3 is 3.00 bits per heavy atom. The molecule has 0 fully saturated rings. The third-order valence-corrected chi connectivity index (χ3v) is 3.14. The van der Waals surface area contributed by atoms with Gasteiger partial charge in [-0.25, -0.2) is 9.37 Å². The molecule has 3 nitrogen and oxygen atoms in total. The molecule has 1 aromatic carbocycles. The Morgan fingerprint density at radius 2 is 2.28 bits per heavy atom. The highest BCUT2D eigenvalue weighted by atomic mass is 35.5. The summed E-state index contributed by atoms with van der Waals surface area (Å²) < 4.78 is 15.0. The van der Waals surface area contributed by atoms with Crippen LogP contribution in [0.25, 0.3) is 0 Å². The zero-order valence-corrected chi connectivity index (χ0v) is 10.9. The van der Waals surface area contributed by atoms with E-state index in [1.165, 1.54) is 12.1 Å². The van der Waals surface area contributed by atoms with Crippen molar-refractivity contribution in [3.63, 3.8) is 0 Å². The van der Waals surface area contributed by atoms with Crippen molar-refractivity contribution in [3.8, 4) is 0 Å². The van der Waals surface area contributed by atoms with Crippen LogP contribution in [0.5, 0.6) is 0 Å². The lowest BCUT2D eigenvalue weighted by Gasteiger charge is -2.07. The van der Waals surface area contributed by atoms with Gasteiger partial charge in [0.25, 0.3) is 0 Å². The van der Waals surface area contributed by atoms with Gasteiger partial charge in [0.15, 0.2) is 0 Å². The van der Waals surface area contributed by atoms with E-state index in [1.807, 2.05) is 17.8 Å². The molecule has 0 amide bonds. The maximum absolute atomic E-state index is 13.0. The van der Waals surface area contributed by atoms with Crippen LogP contribution in [0.15, 0.2) is 30.6 Å². The number of nitrogens with one attached hydrogen (secondary N) is 1. The Labute approximate surface area is 111 Å². The van der Waals surface area contributed by atoms with E-state index in [1.54, 1.807) is 12.3 Å². The van der Waals surface area contributed by atoms with Crippen LogP contribution in [0.4, 0.5) is 4.39 Å². The van der Waals surface area contributed by atoms with E-state index in [0.717, 1.165) is 24.4 Å². The van der Waals surface area contributed by atoms with Crippen LogP contribution >= 0.6 is 11.6 Å². The maximum Gasteiger partial charge on any atom is 0.123 e. The van der Waals surface area contributed by atoms with Gasteiger partial charge >= 0.3 is 0 Å². The molecule has 0 saturated carbocycles. The number of aryl methyl sites for hydroxylation is 1. The summed E-state index contributed by atoms with van der Waals surface area (Å²) in [5.74, 6) is 0.758. The van der Waals surface area contributed by atoms with Crippen molar-refractivity contribution < 1.29 is 4.39 Å². The molecular weight excluding hydrogens is 253 g/mol. The first kappa shape index (κ1) is 13.1. The van der Waals surface area contributed by atoms with Crippen molar-refractivity contribution >= 4 is 11.6 Å². The van der Waals surface area contributed by atoms with Crippen LogP contribution in [0.2, 0.25) is 5.02 Å². The standard InChI is InChI=1S/C13H15ClFN3/c1-18-7-6-17-13(18)4-5-16-9-10-8-11(15)2-3-12(10)14/h2-3,6-8,16H,4-5,9H2,1H3. The van der Waals surface area contributed by atoms with E-state index in [2.05, 4.69) is 10.3 Å². The predicted octanol–water partition coefficient (Wildman–Crippen LogP) is 2.54. The van der Waals surface area contributed by atoms with Gasteiger partial charge in [-0.05, 0) is 23.8 Å². The Bertz CT molecular complexity index is 525. The largest absolute Gasteiger partial charge is 0.338 e. The third kappa shape index (κ3) is 3.31. The minimum absolute atomic E-state index is 0.264. The first-order chi connectivity index (χ1) is 8.66. The van der Waals surface area contributed by atoms with Gasteiger partial charge in [-0.1, -0.05) is 11.6 Å². The van der Waals surface area contributed by atoms with E-state index < -0.39 is 0 Å². The Morgan fingerprint density at radius 1 is 1.44 bits per heavy atom. The highest BCUT2D eigenvalue weighted by molar-refractivity contribution is 6.31. The molecule has 1 heterocycles. The number of halogens is 2. The molecule has 0 spiro atoms. The molecule has 0 bridgehead atoms. The predicted molar refractivity (Wildman–Crippen MR) is 70.0 cm³/mol. The van der Waals surface area contributed by atoms with E-state index in [9.17, 15) is 4.39 Å². The Kier molecular flexibility index (Phi) is 4.33. The molecule has 1 N–H and O–H groups in total. The zero-order valence-electron chi connectivity index (χ0n) is 10.2. The van der Waals surface area contributed by atoms with Gasteiger partial charge in [-0.15, -0.1) is 0 Å². The van der Waals surface area contributed by atoms with Crippen molar-refractivity contribution in [2.45, 2.75) is 13.0 Å². The molecule has 0 atom stereocenters. The second kappa shape index (κ2) is 5.98. The number of hydrogen-bond donors (Lipinski definition) is 1. The van der Waals surface area contributed by atoms with Gasteiger partial charge < -0.3 is 9.88 Å². The summed E-state index contributed by atoms with van der Waals surface area (Å²) >= 11 is 5.98. The smallest absolute Gasteiger partial charge is 0.123 e. The SMILES string of the molecule is Cn1ccnc1CCNCc1cc(F)ccc1Cl. The maximum atomic E-state index is 13.0. The Balaban J connectivity index is 1.82. The number of nitrogens with zero attached hydrogens (tertiary/aromatic N) is 2. The number of benzene rings is 1. The summed E-state index contributed by atoms with van der Waals surface area (Å²) in [6.07, 6.45) is 4.52. The molecular formula is C13H15ClFN3. The highest BCUT2D eigenvalue weighted by Gasteiger charge is 2.02. The van der Waals surface area contributed by atoms with Gasteiger partial charge in [0.1, 0.15) is 11.6 Å². The van der Waals surface area contributed by atoms with E-state index in [0.29, 0.717) is 11.6 Å². The summed E-state index contributed by atoms with van der Waals surface area (Å²) in [5.41, 5.74) is 0.775. The summed E-state index contributed by atoms with van der Waals surface area (Å²) in [6, 6.07) is 4.39. The first-order valence-corrected chi connectivity index (χ1v) is 6.15. The van der Waals surface area contributed by atoms with Crippen molar-refractivity contribution in [1.82, 2.24) is 14.9 Å². The van der Waals surface area contributed by atoms with Crippen molar-refractivity contribution in [2.24, 2.45) is 7.05 Å². The zero-order chi connectivity index (χ0) is 13.0. The number of imidazole rings is 1. The van der Waals surface area contributed by atoms with Gasteiger partial charge in [0.2, 0.25) is 0 Å². The van der Waals surface area contributed by atoms with Crippen molar-refractivity contribution in [2.75, 3.05) is 6.54 Å². The van der Waals surface area contributed by atoms with Crippen molar-refractivity contribution in [3.05, 3.63) is 52.8 Å². The van der Waals surface area contributed by atoms with Crippen LogP contribution in [0.3, 0.4) is 0 Å². The van der Waals surface area contributed by atoms with Crippen LogP contribution in [-0.4, -0.2) is 16.1 Å². The minimum atomic E-state index is -0.264. The Hall–Kier alpha value is -1.39. The van der Waals surface area contributed by atoms with Crippen molar-refractivity contribution in [1.29, 1.82) is 0 Å². The molecule has 5 heteroatoms. The van der Waals surface area contributed by atoms with Crippen LogP contribution in [0.1, 0.15) is 11.4 Å². The average Bonchev–Trinajstić information content (AvgIpc) is 2.75. The van der Waals surface area contributed by atoms with Crippen LogP contribution < -0.4 is 5.32 Å². The third-order valence-electron chi connectivity index (χ3n) is 2.77. The number of aromatic nitrogens is 2. The van der Waals surface area contributed by atoms with E-state index in [4.69, 9.17) is 11.6 Å². The summed E-state index contributed by atoms with van der Waals surface area (Å²) in [5, 5.41) is 3.81. The molecule has 0 aliphatic carbocycles. The van der Waals surface area contributed by atoms with E-state index in [-0.39, 0.29) is 5.82 Å². The molecule has 0 radical (unpaired) electrons. The first-order valence-electron chi connectivity index (χ1n) is 5.77. The van der Waals surface area contributed by atoms with Gasteiger partial charge in [-0.3, -0.25) is 0 Å². The summed E-state index contributed by atoms with van der Waals surface area (Å²) in [7, 11) is 1.96. The lowest BCUT2D eigenvalue weighted by atomic mass is 10.2. The molecule has 96 valence electrons. The van der Waals surface area contributed by atoms with Gasteiger partial charge in [-0.2, -0.15) is 0 Å². The topological polar surface area (TPSA) is 29.9 Å². The molecule has 0 aliphatic rings. The molecule has 1 aromatic heterocycles. The lowest BCUT2D eigenvalue weighted by molar-refractivity contribution is 0.617. The van der Waals surface area contributed by atoms with Crippen LogP contribution in [-0.2, 0) is 20.0 Å². The van der Waals surface area contributed by atoms with Gasteiger partial charge in [0.05, 0.1) is 0 Å². The quantitative estimate of drug-likeness (QED) is 0.844. The fourth-order valence-corrected chi connectivity index (χ4v) is 1.92. The van der Waals surface area contributed by atoms with Gasteiger partial charge in [0, 0.05) is 44.0 Å². The second-order valence-corrected chi connectivity index (χ2v) is 4.52. The monoisotopic (exact) mass is 267 g/mol. The minimum Gasteiger partial charge on any atom is -0.338 e. The second-order valence-electron chi connectivity index (χ2n) is 4.12. The fourth-order valence-electron chi connectivity index (χ4n) is 1.74. The molecule has 18 heavy (non-hydrogen) atoms. The number of rotatable bonds is 5. The normalized spacial score (nSPS) is 10.8. The number of hydrogen-bond acceptors (Lipinski definition) is 2. The molecule has 2 rings (SSSR count). The highest BCUT2D eigenvalue weighted by Crippen LogP contribution is 2.16.